The molecule has 0 amide bonds. The molecule has 1 aliphatic carbocycles. The quantitative estimate of drug-likeness (QED) is 0.670. The van der Waals surface area contributed by atoms with Gasteiger partial charge in [-0.3, -0.25) is 0 Å². The summed E-state index contributed by atoms with van der Waals surface area (Å²) >= 11 is 0. The molecule has 2 aromatic carbocycles. The highest BCUT2D eigenvalue weighted by atomic mass is 16.7. The smallest absolute Gasteiger partial charge is 0.291 e. The molecule has 0 heterocycles. The minimum atomic E-state index is -0.999. The van der Waals surface area contributed by atoms with Crippen LogP contribution in [0.25, 0.3) is 0 Å². The van der Waals surface area contributed by atoms with E-state index >= 15 is 0 Å². The van der Waals surface area contributed by atoms with Crippen LogP contribution in [-0.4, -0.2) is 5.79 Å². The third-order valence-electron chi connectivity index (χ3n) is 3.19. The van der Waals surface area contributed by atoms with Gasteiger partial charge in [0.15, 0.2) is 0 Å². The van der Waals surface area contributed by atoms with Gasteiger partial charge in [0.25, 0.3) is 5.79 Å². The molecular formula is C18H17N2O2. The SMILES string of the molecule is Nc1ccc(OC2(Oc3ccc(N)cc3)C=C[CH]C=C2)cc1. The van der Waals surface area contributed by atoms with Gasteiger partial charge >= 0.3 is 0 Å². The van der Waals surface area contributed by atoms with Gasteiger partial charge < -0.3 is 20.9 Å². The van der Waals surface area contributed by atoms with Crippen LogP contribution in [0.1, 0.15) is 0 Å². The lowest BCUT2D eigenvalue weighted by molar-refractivity contribution is -0.0283. The molecule has 0 unspecified atom stereocenters. The Kier molecular flexibility index (Phi) is 3.74. The average molecular weight is 293 g/mol. The van der Waals surface area contributed by atoms with Gasteiger partial charge in [0.05, 0.1) is 0 Å². The van der Waals surface area contributed by atoms with E-state index in [2.05, 4.69) is 0 Å². The van der Waals surface area contributed by atoms with E-state index in [0.717, 1.165) is 0 Å². The van der Waals surface area contributed by atoms with Crippen LogP contribution in [0.15, 0.2) is 72.8 Å². The number of nitrogens with two attached hydrogens (primary N) is 2. The van der Waals surface area contributed by atoms with Crippen LogP contribution in [0.5, 0.6) is 11.5 Å². The molecule has 0 fully saturated rings. The molecule has 0 bridgehead atoms. The molecule has 3 rings (SSSR count). The number of hydrogen-bond acceptors (Lipinski definition) is 4. The normalized spacial score (nSPS) is 15.5. The molecule has 0 aliphatic heterocycles. The molecule has 1 aliphatic rings. The first kappa shape index (κ1) is 14.1. The van der Waals surface area contributed by atoms with Crippen molar-refractivity contribution in [3.05, 3.63) is 79.3 Å². The zero-order valence-electron chi connectivity index (χ0n) is 12.0. The second-order valence-corrected chi connectivity index (χ2v) is 4.97. The Labute approximate surface area is 129 Å². The molecule has 0 aromatic heterocycles. The van der Waals surface area contributed by atoms with Gasteiger partial charge in [-0.2, -0.15) is 0 Å². The molecule has 4 N–H and O–H groups in total. The zero-order chi connectivity index (χ0) is 15.4. The first-order valence-corrected chi connectivity index (χ1v) is 6.95. The van der Waals surface area contributed by atoms with E-state index in [1.807, 2.05) is 55.0 Å². The Morgan fingerprint density at radius 2 is 1.05 bits per heavy atom. The number of hydrogen-bond donors (Lipinski definition) is 2. The third kappa shape index (κ3) is 3.23. The lowest BCUT2D eigenvalue weighted by atomic mass is 10.1. The number of ether oxygens (including phenoxy) is 2. The van der Waals surface area contributed by atoms with Crippen molar-refractivity contribution in [2.45, 2.75) is 5.79 Å². The minimum Gasteiger partial charge on any atom is -0.445 e. The maximum atomic E-state index is 6.03. The first-order chi connectivity index (χ1) is 10.7. The highest BCUT2D eigenvalue weighted by molar-refractivity contribution is 5.44. The highest BCUT2D eigenvalue weighted by Crippen LogP contribution is 2.28. The van der Waals surface area contributed by atoms with Crippen LogP contribution < -0.4 is 20.9 Å². The van der Waals surface area contributed by atoms with Gasteiger partial charge in [0.2, 0.25) is 0 Å². The second kappa shape index (κ2) is 5.85. The number of allylic oxidation sites excluding steroid dienone is 2. The molecule has 22 heavy (non-hydrogen) atoms. The summed E-state index contributed by atoms with van der Waals surface area (Å²) in [5.41, 5.74) is 12.8. The topological polar surface area (TPSA) is 70.5 Å². The van der Waals surface area contributed by atoms with E-state index in [4.69, 9.17) is 20.9 Å². The van der Waals surface area contributed by atoms with E-state index in [1.165, 1.54) is 0 Å². The van der Waals surface area contributed by atoms with Crippen LogP contribution in [0.3, 0.4) is 0 Å². The Morgan fingerprint density at radius 3 is 1.45 bits per heavy atom. The lowest BCUT2D eigenvalue weighted by Crippen LogP contribution is -2.39. The van der Waals surface area contributed by atoms with Gasteiger partial charge in [0.1, 0.15) is 11.5 Å². The van der Waals surface area contributed by atoms with Gasteiger partial charge in [-0.25, -0.2) is 0 Å². The largest absolute Gasteiger partial charge is 0.445 e. The molecule has 111 valence electrons. The summed E-state index contributed by atoms with van der Waals surface area (Å²) in [6.45, 7) is 0. The number of benzene rings is 2. The lowest BCUT2D eigenvalue weighted by Gasteiger charge is -2.30. The number of anilines is 2. The summed E-state index contributed by atoms with van der Waals surface area (Å²) in [4.78, 5) is 0. The van der Waals surface area contributed by atoms with E-state index in [1.54, 1.807) is 24.3 Å². The van der Waals surface area contributed by atoms with Crippen molar-refractivity contribution >= 4 is 11.4 Å². The molecule has 1 radical (unpaired) electrons. The molecule has 4 nitrogen and oxygen atoms in total. The Morgan fingerprint density at radius 1 is 0.636 bits per heavy atom. The molecule has 0 atom stereocenters. The van der Waals surface area contributed by atoms with Crippen molar-refractivity contribution in [2.24, 2.45) is 0 Å². The molecule has 2 aromatic rings. The van der Waals surface area contributed by atoms with Crippen LogP contribution in [0, 0.1) is 6.42 Å². The van der Waals surface area contributed by atoms with E-state index < -0.39 is 5.79 Å². The fraction of sp³-hybridized carbons (Fsp3) is 0.0556. The van der Waals surface area contributed by atoms with Gasteiger partial charge in [-0.15, -0.1) is 0 Å². The van der Waals surface area contributed by atoms with Gasteiger partial charge in [-0.05, 0) is 48.5 Å². The molecular weight excluding hydrogens is 276 g/mol. The van der Waals surface area contributed by atoms with Gasteiger partial charge in [-0.1, -0.05) is 12.2 Å². The Hall–Kier alpha value is -2.88. The summed E-state index contributed by atoms with van der Waals surface area (Å²) in [5.74, 6) is 0.336. The fourth-order valence-corrected chi connectivity index (χ4v) is 2.10. The number of rotatable bonds is 4. The second-order valence-electron chi connectivity index (χ2n) is 4.97. The van der Waals surface area contributed by atoms with Crippen molar-refractivity contribution in [3.8, 4) is 11.5 Å². The van der Waals surface area contributed by atoms with Crippen molar-refractivity contribution < 1.29 is 9.47 Å². The predicted octanol–water partition coefficient (Wildman–Crippen LogP) is 3.34. The van der Waals surface area contributed by atoms with E-state index in [-0.39, 0.29) is 0 Å². The third-order valence-corrected chi connectivity index (χ3v) is 3.19. The standard InChI is InChI=1S/C18H17N2O2/c19-14-4-8-16(9-5-14)21-18(12-2-1-3-13-18)22-17-10-6-15(20)7-11-17/h1-13H,19-20H2. The fourth-order valence-electron chi connectivity index (χ4n) is 2.10. The highest BCUT2D eigenvalue weighted by Gasteiger charge is 2.30. The summed E-state index contributed by atoms with van der Waals surface area (Å²) in [7, 11) is 0. The predicted molar refractivity (Wildman–Crippen MR) is 88.3 cm³/mol. The maximum absolute atomic E-state index is 6.03. The Balaban J connectivity index is 1.86. The average Bonchev–Trinajstić information content (AvgIpc) is 2.53. The molecule has 0 spiro atoms. The van der Waals surface area contributed by atoms with E-state index in [9.17, 15) is 0 Å². The van der Waals surface area contributed by atoms with Crippen LogP contribution in [0.2, 0.25) is 0 Å². The van der Waals surface area contributed by atoms with Gasteiger partial charge in [0, 0.05) is 29.9 Å². The van der Waals surface area contributed by atoms with Crippen molar-refractivity contribution in [1.29, 1.82) is 0 Å². The minimum absolute atomic E-state index is 0.667. The zero-order valence-corrected chi connectivity index (χ0v) is 12.0. The van der Waals surface area contributed by atoms with Crippen LogP contribution in [-0.2, 0) is 0 Å². The monoisotopic (exact) mass is 293 g/mol. The van der Waals surface area contributed by atoms with Crippen LogP contribution >= 0.6 is 0 Å². The molecule has 4 heteroatoms. The molecule has 0 saturated heterocycles. The van der Waals surface area contributed by atoms with Crippen molar-refractivity contribution in [2.75, 3.05) is 11.5 Å². The number of nitrogen functional groups attached to an aromatic ring is 2. The van der Waals surface area contributed by atoms with Crippen molar-refractivity contribution in [3.63, 3.8) is 0 Å². The summed E-state index contributed by atoms with van der Waals surface area (Å²) in [5, 5.41) is 0. The maximum Gasteiger partial charge on any atom is 0.291 e. The van der Waals surface area contributed by atoms with Crippen LogP contribution in [0.4, 0.5) is 11.4 Å². The van der Waals surface area contributed by atoms with E-state index in [0.29, 0.717) is 22.9 Å². The summed E-state index contributed by atoms with van der Waals surface area (Å²) in [6, 6.07) is 14.4. The molecule has 0 saturated carbocycles. The summed E-state index contributed by atoms with van der Waals surface area (Å²) < 4.78 is 12.1. The Bertz CT molecular complexity index is 627. The first-order valence-electron chi connectivity index (χ1n) is 6.95. The van der Waals surface area contributed by atoms with Crippen molar-refractivity contribution in [1.82, 2.24) is 0 Å². The summed E-state index contributed by atoms with van der Waals surface area (Å²) in [6.07, 6.45) is 9.37.